The Hall–Kier alpha value is -2.04. The van der Waals surface area contributed by atoms with Gasteiger partial charge in [-0.25, -0.2) is 0 Å². The number of ether oxygens (including phenoxy) is 2. The molecule has 2 aromatic carbocycles. The van der Waals surface area contributed by atoms with Crippen molar-refractivity contribution in [2.75, 3.05) is 20.2 Å². The predicted molar refractivity (Wildman–Crippen MR) is 106 cm³/mol. The van der Waals surface area contributed by atoms with Crippen LogP contribution in [0.5, 0.6) is 11.5 Å². The van der Waals surface area contributed by atoms with E-state index in [0.29, 0.717) is 18.4 Å². The number of fused-ring (bicyclic) bond motifs is 1. The van der Waals surface area contributed by atoms with Crippen LogP contribution in [0.2, 0.25) is 0 Å². The highest BCUT2D eigenvalue weighted by molar-refractivity contribution is 5.43. The summed E-state index contributed by atoms with van der Waals surface area (Å²) in [6.45, 7) is 5.74. The fraction of sp³-hybridized carbons (Fsp3) is 0.478. The molecule has 0 amide bonds. The van der Waals surface area contributed by atoms with Crippen molar-refractivity contribution in [1.82, 2.24) is 4.90 Å². The third-order valence-electron chi connectivity index (χ3n) is 5.91. The van der Waals surface area contributed by atoms with Crippen molar-refractivity contribution in [3.05, 3.63) is 59.2 Å². The third kappa shape index (κ3) is 4.28. The molecule has 2 fully saturated rings. The fourth-order valence-electron chi connectivity index (χ4n) is 4.65. The van der Waals surface area contributed by atoms with E-state index in [4.69, 9.17) is 9.47 Å². The first-order chi connectivity index (χ1) is 13.1. The summed E-state index contributed by atoms with van der Waals surface area (Å²) in [7, 11) is 1.69. The maximum atomic E-state index is 9.81. The largest absolute Gasteiger partial charge is 0.493 e. The van der Waals surface area contributed by atoms with E-state index >= 15 is 0 Å². The van der Waals surface area contributed by atoms with Gasteiger partial charge in [0.1, 0.15) is 6.61 Å². The van der Waals surface area contributed by atoms with E-state index in [2.05, 4.69) is 48.2 Å². The summed E-state index contributed by atoms with van der Waals surface area (Å²) in [4.78, 5) is 2.50. The highest BCUT2D eigenvalue weighted by Crippen LogP contribution is 2.39. The van der Waals surface area contributed by atoms with Crippen molar-refractivity contribution >= 4 is 0 Å². The monoisotopic (exact) mass is 367 g/mol. The predicted octanol–water partition coefficient (Wildman–Crippen LogP) is 3.79. The SMILES string of the molecule is COc1cc(CN2C[C@H]3CC(O)C[C@H]3C2)ccc1OCc1cccc(C)c1. The maximum absolute atomic E-state index is 9.81. The maximum Gasteiger partial charge on any atom is 0.161 e. The van der Waals surface area contributed by atoms with E-state index in [0.717, 1.165) is 49.5 Å². The summed E-state index contributed by atoms with van der Waals surface area (Å²) < 4.78 is 11.6. The van der Waals surface area contributed by atoms with Crippen LogP contribution in [0, 0.1) is 18.8 Å². The Morgan fingerprint density at radius 1 is 1.00 bits per heavy atom. The van der Waals surface area contributed by atoms with Gasteiger partial charge < -0.3 is 14.6 Å². The minimum atomic E-state index is -0.0768. The molecule has 0 bridgehead atoms. The third-order valence-corrected chi connectivity index (χ3v) is 5.91. The average Bonchev–Trinajstić information content (AvgIpc) is 3.17. The van der Waals surface area contributed by atoms with Crippen LogP contribution in [-0.4, -0.2) is 36.3 Å². The van der Waals surface area contributed by atoms with Crippen molar-refractivity contribution in [3.63, 3.8) is 0 Å². The number of likely N-dealkylation sites (tertiary alicyclic amines) is 1. The number of aryl methyl sites for hydroxylation is 1. The lowest BCUT2D eigenvalue weighted by Crippen LogP contribution is -2.22. The molecule has 1 unspecified atom stereocenters. The van der Waals surface area contributed by atoms with Gasteiger partial charge in [0.25, 0.3) is 0 Å². The zero-order valence-corrected chi connectivity index (χ0v) is 16.2. The first-order valence-electron chi connectivity index (χ1n) is 9.86. The summed E-state index contributed by atoms with van der Waals surface area (Å²) >= 11 is 0. The summed E-state index contributed by atoms with van der Waals surface area (Å²) in [5, 5.41) is 9.81. The van der Waals surface area contributed by atoms with Crippen molar-refractivity contribution < 1.29 is 14.6 Å². The number of aliphatic hydroxyl groups is 1. The Bertz CT molecular complexity index is 777. The number of benzene rings is 2. The van der Waals surface area contributed by atoms with Gasteiger partial charge in [0.2, 0.25) is 0 Å². The van der Waals surface area contributed by atoms with Crippen molar-refractivity contribution in [3.8, 4) is 11.5 Å². The Kier molecular flexibility index (Phi) is 5.37. The quantitative estimate of drug-likeness (QED) is 0.844. The Morgan fingerprint density at radius 3 is 2.48 bits per heavy atom. The van der Waals surface area contributed by atoms with Crippen molar-refractivity contribution in [2.24, 2.45) is 11.8 Å². The van der Waals surface area contributed by atoms with Gasteiger partial charge in [-0.3, -0.25) is 4.90 Å². The van der Waals surface area contributed by atoms with Crippen LogP contribution in [0.25, 0.3) is 0 Å². The topological polar surface area (TPSA) is 41.9 Å². The number of hydrogen-bond acceptors (Lipinski definition) is 4. The van der Waals surface area contributed by atoms with Gasteiger partial charge in [-0.15, -0.1) is 0 Å². The fourth-order valence-corrected chi connectivity index (χ4v) is 4.65. The second-order valence-corrected chi connectivity index (χ2v) is 8.10. The molecule has 4 rings (SSSR count). The smallest absolute Gasteiger partial charge is 0.161 e. The molecule has 0 radical (unpaired) electrons. The van der Waals surface area contributed by atoms with Gasteiger partial charge in [-0.2, -0.15) is 0 Å². The van der Waals surface area contributed by atoms with Gasteiger partial charge in [0.05, 0.1) is 13.2 Å². The molecular weight excluding hydrogens is 338 g/mol. The standard InChI is InChI=1S/C23H29NO3/c1-16-4-3-5-18(8-16)15-27-22-7-6-17(9-23(22)26-2)12-24-13-19-10-21(25)11-20(19)14-24/h3-9,19-21,25H,10-15H2,1-2H3/t19-,20+,21?. The van der Waals surface area contributed by atoms with Crippen LogP contribution in [-0.2, 0) is 13.2 Å². The molecule has 1 aliphatic heterocycles. The minimum Gasteiger partial charge on any atom is -0.493 e. The van der Waals surface area contributed by atoms with E-state index in [1.165, 1.54) is 11.1 Å². The molecule has 3 atom stereocenters. The molecule has 1 saturated heterocycles. The van der Waals surface area contributed by atoms with Crippen molar-refractivity contribution in [1.29, 1.82) is 0 Å². The number of aliphatic hydroxyl groups excluding tert-OH is 1. The van der Waals surface area contributed by atoms with Gasteiger partial charge >= 0.3 is 0 Å². The highest BCUT2D eigenvalue weighted by Gasteiger charge is 2.39. The molecule has 144 valence electrons. The van der Waals surface area contributed by atoms with Crippen LogP contribution in [0.1, 0.15) is 29.5 Å². The molecule has 1 saturated carbocycles. The summed E-state index contributed by atoms with van der Waals surface area (Å²) in [6, 6.07) is 14.6. The molecular formula is C23H29NO3. The molecule has 1 aliphatic carbocycles. The first kappa shape index (κ1) is 18.3. The number of nitrogens with zero attached hydrogens (tertiary/aromatic N) is 1. The first-order valence-corrected chi connectivity index (χ1v) is 9.86. The van der Waals surface area contributed by atoms with Crippen LogP contribution in [0.15, 0.2) is 42.5 Å². The van der Waals surface area contributed by atoms with E-state index in [1.807, 2.05) is 6.07 Å². The molecule has 4 nitrogen and oxygen atoms in total. The summed E-state index contributed by atoms with van der Waals surface area (Å²) in [5.41, 5.74) is 3.64. The van der Waals surface area contributed by atoms with Crippen LogP contribution < -0.4 is 9.47 Å². The molecule has 2 aromatic rings. The lowest BCUT2D eigenvalue weighted by atomic mass is 10.0. The molecule has 4 heteroatoms. The van der Waals surface area contributed by atoms with Crippen molar-refractivity contribution in [2.45, 2.75) is 39.0 Å². The molecule has 0 spiro atoms. The number of methoxy groups -OCH3 is 1. The van der Waals surface area contributed by atoms with E-state index in [1.54, 1.807) is 7.11 Å². The lowest BCUT2D eigenvalue weighted by Gasteiger charge is -2.19. The van der Waals surface area contributed by atoms with E-state index in [9.17, 15) is 5.11 Å². The summed E-state index contributed by atoms with van der Waals surface area (Å²) in [5.74, 6) is 2.90. The van der Waals surface area contributed by atoms with Gasteiger partial charge in [-0.1, -0.05) is 35.9 Å². The minimum absolute atomic E-state index is 0.0768. The van der Waals surface area contributed by atoms with Gasteiger partial charge in [0, 0.05) is 19.6 Å². The van der Waals surface area contributed by atoms with Crippen LogP contribution >= 0.6 is 0 Å². The van der Waals surface area contributed by atoms with Crippen LogP contribution in [0.4, 0.5) is 0 Å². The van der Waals surface area contributed by atoms with Gasteiger partial charge in [-0.05, 0) is 54.9 Å². The zero-order chi connectivity index (χ0) is 18.8. The Morgan fingerprint density at radius 2 is 1.78 bits per heavy atom. The van der Waals surface area contributed by atoms with Gasteiger partial charge in [0.15, 0.2) is 11.5 Å². The molecule has 1 N–H and O–H groups in total. The Balaban J connectivity index is 1.38. The van der Waals surface area contributed by atoms with E-state index in [-0.39, 0.29) is 6.10 Å². The second kappa shape index (κ2) is 7.91. The number of rotatable bonds is 6. The zero-order valence-electron chi connectivity index (χ0n) is 16.2. The molecule has 2 aliphatic rings. The van der Waals surface area contributed by atoms with Crippen LogP contribution in [0.3, 0.4) is 0 Å². The highest BCUT2D eigenvalue weighted by atomic mass is 16.5. The molecule has 1 heterocycles. The lowest BCUT2D eigenvalue weighted by molar-refractivity contribution is 0.161. The Labute approximate surface area is 161 Å². The number of hydrogen-bond donors (Lipinski definition) is 1. The molecule has 27 heavy (non-hydrogen) atoms. The second-order valence-electron chi connectivity index (χ2n) is 8.10. The average molecular weight is 367 g/mol. The molecule has 0 aromatic heterocycles. The normalized spacial score (nSPS) is 24.8. The van der Waals surface area contributed by atoms with E-state index < -0.39 is 0 Å². The summed E-state index contributed by atoms with van der Waals surface area (Å²) in [6.07, 6.45) is 1.86.